The Labute approximate surface area is 122 Å². The van der Waals surface area contributed by atoms with E-state index < -0.39 is 5.54 Å². The first-order chi connectivity index (χ1) is 9.45. The first-order valence-corrected chi connectivity index (χ1v) is 7.07. The number of carbonyl (C=O) groups is 1. The minimum absolute atomic E-state index is 0.122. The fourth-order valence-electron chi connectivity index (χ4n) is 2.26. The van der Waals surface area contributed by atoms with Gasteiger partial charge in [-0.15, -0.1) is 0 Å². The van der Waals surface area contributed by atoms with Crippen LogP contribution in [0.15, 0.2) is 30.3 Å². The predicted molar refractivity (Wildman–Crippen MR) is 84.0 cm³/mol. The van der Waals surface area contributed by atoms with E-state index >= 15 is 0 Å². The summed E-state index contributed by atoms with van der Waals surface area (Å²) in [7, 11) is 1.64. The van der Waals surface area contributed by atoms with Gasteiger partial charge in [0.2, 0.25) is 0 Å². The highest BCUT2D eigenvalue weighted by Crippen LogP contribution is 2.17. The number of rotatable bonds is 7. The molecule has 0 aliphatic rings. The summed E-state index contributed by atoms with van der Waals surface area (Å²) >= 11 is 0. The molecule has 3 nitrogen and oxygen atoms in total. The van der Waals surface area contributed by atoms with Crippen LogP contribution in [0.4, 0.5) is 0 Å². The fraction of sp³-hybridized carbons (Fsp3) is 0.471. The average Bonchev–Trinajstić information content (AvgIpc) is 2.46. The zero-order valence-electron chi connectivity index (χ0n) is 13.1. The molecule has 0 heterocycles. The van der Waals surface area contributed by atoms with Gasteiger partial charge in [0.1, 0.15) is 5.75 Å². The number of hydrogen-bond donors (Lipinski definition) is 0. The van der Waals surface area contributed by atoms with Crippen molar-refractivity contribution in [2.45, 2.75) is 33.2 Å². The number of methoxy groups -OCH3 is 1. The molecule has 0 aliphatic carbocycles. The highest BCUT2D eigenvalue weighted by Gasteiger charge is 2.30. The van der Waals surface area contributed by atoms with Crippen LogP contribution in [-0.2, 0) is 4.79 Å². The van der Waals surface area contributed by atoms with Crippen LogP contribution in [0.3, 0.4) is 0 Å². The van der Waals surface area contributed by atoms with Crippen molar-refractivity contribution in [2.24, 2.45) is 0 Å². The quantitative estimate of drug-likeness (QED) is 0.714. The molecule has 0 amide bonds. The van der Waals surface area contributed by atoms with Crippen LogP contribution in [0.25, 0.3) is 6.08 Å². The standard InChI is InChI=1S/C17H25NO2/c1-6-18(7-2)17(3,4)16(19)13-10-14-8-11-15(20-5)12-9-14/h8-13H,6-7H2,1-5H3/b13-10+. The maximum absolute atomic E-state index is 12.4. The van der Waals surface area contributed by atoms with Crippen LogP contribution in [0.2, 0.25) is 0 Å². The van der Waals surface area contributed by atoms with Crippen molar-refractivity contribution in [3.05, 3.63) is 35.9 Å². The van der Waals surface area contributed by atoms with Gasteiger partial charge in [-0.3, -0.25) is 9.69 Å². The maximum atomic E-state index is 12.4. The molecule has 1 aromatic carbocycles. The first-order valence-electron chi connectivity index (χ1n) is 7.07. The molecular weight excluding hydrogens is 250 g/mol. The van der Waals surface area contributed by atoms with E-state index in [9.17, 15) is 4.79 Å². The third-order valence-electron chi connectivity index (χ3n) is 3.70. The predicted octanol–water partition coefficient (Wildman–Crippen LogP) is 3.40. The number of nitrogens with zero attached hydrogens (tertiary/aromatic N) is 1. The van der Waals surface area contributed by atoms with Gasteiger partial charge in [0.05, 0.1) is 12.6 Å². The van der Waals surface area contributed by atoms with Crippen LogP contribution in [0.1, 0.15) is 33.3 Å². The molecule has 0 radical (unpaired) electrons. The van der Waals surface area contributed by atoms with Gasteiger partial charge in [0.15, 0.2) is 5.78 Å². The normalized spacial score (nSPS) is 12.1. The summed E-state index contributed by atoms with van der Waals surface area (Å²) in [6, 6.07) is 7.65. The highest BCUT2D eigenvalue weighted by molar-refractivity contribution is 6.00. The van der Waals surface area contributed by atoms with E-state index in [0.29, 0.717) is 0 Å². The van der Waals surface area contributed by atoms with E-state index in [1.54, 1.807) is 13.2 Å². The third-order valence-corrected chi connectivity index (χ3v) is 3.70. The van der Waals surface area contributed by atoms with Gasteiger partial charge >= 0.3 is 0 Å². The fourth-order valence-corrected chi connectivity index (χ4v) is 2.26. The molecule has 0 atom stereocenters. The van der Waals surface area contributed by atoms with Crippen LogP contribution in [-0.4, -0.2) is 36.4 Å². The summed E-state index contributed by atoms with van der Waals surface area (Å²) in [6.07, 6.45) is 3.52. The summed E-state index contributed by atoms with van der Waals surface area (Å²) in [5, 5.41) is 0. The molecule has 0 aromatic heterocycles. The van der Waals surface area contributed by atoms with Gasteiger partial charge < -0.3 is 4.74 Å². The van der Waals surface area contributed by atoms with Crippen molar-refractivity contribution in [1.29, 1.82) is 0 Å². The lowest BCUT2D eigenvalue weighted by molar-refractivity contribution is -0.124. The van der Waals surface area contributed by atoms with Crippen molar-refractivity contribution in [1.82, 2.24) is 4.90 Å². The molecule has 0 fully saturated rings. The van der Waals surface area contributed by atoms with E-state index in [1.165, 1.54) is 0 Å². The molecule has 0 saturated carbocycles. The van der Waals surface area contributed by atoms with E-state index in [-0.39, 0.29) is 5.78 Å². The van der Waals surface area contributed by atoms with Crippen molar-refractivity contribution in [3.63, 3.8) is 0 Å². The molecule has 0 spiro atoms. The Hall–Kier alpha value is -1.61. The van der Waals surface area contributed by atoms with Gasteiger partial charge in [-0.05, 0) is 50.7 Å². The average molecular weight is 275 g/mol. The smallest absolute Gasteiger partial charge is 0.175 e. The van der Waals surface area contributed by atoms with Gasteiger partial charge in [-0.1, -0.05) is 32.1 Å². The SMILES string of the molecule is CCN(CC)C(C)(C)C(=O)/C=C/c1ccc(OC)cc1. The Kier molecular flexibility index (Phi) is 5.96. The largest absolute Gasteiger partial charge is 0.497 e. The maximum Gasteiger partial charge on any atom is 0.175 e. The summed E-state index contributed by atoms with van der Waals surface area (Å²) < 4.78 is 5.11. The number of likely N-dealkylation sites (N-methyl/N-ethyl adjacent to an activating group) is 1. The molecule has 0 N–H and O–H groups in total. The number of ketones is 1. The zero-order chi connectivity index (χ0) is 15.2. The molecular formula is C17H25NO2. The van der Waals surface area contributed by atoms with E-state index in [2.05, 4.69) is 18.7 Å². The van der Waals surface area contributed by atoms with Gasteiger partial charge in [0.25, 0.3) is 0 Å². The minimum Gasteiger partial charge on any atom is -0.497 e. The Morgan fingerprint density at radius 2 is 1.75 bits per heavy atom. The summed E-state index contributed by atoms with van der Waals surface area (Å²) in [6.45, 7) is 9.83. The minimum atomic E-state index is -0.466. The molecule has 3 heteroatoms. The lowest BCUT2D eigenvalue weighted by Crippen LogP contribution is -2.49. The second-order valence-corrected chi connectivity index (χ2v) is 5.20. The number of ether oxygens (including phenoxy) is 1. The van der Waals surface area contributed by atoms with E-state index in [4.69, 9.17) is 4.74 Å². The lowest BCUT2D eigenvalue weighted by atomic mass is 9.95. The van der Waals surface area contributed by atoms with Gasteiger partial charge in [-0.25, -0.2) is 0 Å². The van der Waals surface area contributed by atoms with Crippen LogP contribution >= 0.6 is 0 Å². The highest BCUT2D eigenvalue weighted by atomic mass is 16.5. The topological polar surface area (TPSA) is 29.5 Å². The molecule has 0 aliphatic heterocycles. The molecule has 1 aromatic rings. The van der Waals surface area contributed by atoms with E-state index in [0.717, 1.165) is 24.4 Å². The molecule has 110 valence electrons. The molecule has 1 rings (SSSR count). The first kappa shape index (κ1) is 16.4. The Balaban J connectivity index is 2.80. The Bertz CT molecular complexity index is 456. The molecule has 20 heavy (non-hydrogen) atoms. The van der Waals surface area contributed by atoms with Gasteiger partial charge in [-0.2, -0.15) is 0 Å². The van der Waals surface area contributed by atoms with E-state index in [1.807, 2.05) is 44.2 Å². The van der Waals surface area contributed by atoms with Crippen molar-refractivity contribution in [3.8, 4) is 5.75 Å². The molecule has 0 unspecified atom stereocenters. The summed E-state index contributed by atoms with van der Waals surface area (Å²) in [4.78, 5) is 14.5. The lowest BCUT2D eigenvalue weighted by Gasteiger charge is -2.34. The third kappa shape index (κ3) is 3.94. The van der Waals surface area contributed by atoms with Crippen LogP contribution < -0.4 is 4.74 Å². The molecule has 0 saturated heterocycles. The van der Waals surface area contributed by atoms with Crippen LogP contribution in [0.5, 0.6) is 5.75 Å². The van der Waals surface area contributed by atoms with Crippen molar-refractivity contribution >= 4 is 11.9 Å². The second kappa shape index (κ2) is 7.25. The van der Waals surface area contributed by atoms with Crippen molar-refractivity contribution < 1.29 is 9.53 Å². The number of hydrogen-bond acceptors (Lipinski definition) is 3. The summed E-state index contributed by atoms with van der Waals surface area (Å²) in [5.41, 5.74) is 0.529. The monoisotopic (exact) mass is 275 g/mol. The number of benzene rings is 1. The number of carbonyl (C=O) groups excluding carboxylic acids is 1. The van der Waals surface area contributed by atoms with Crippen molar-refractivity contribution in [2.75, 3.05) is 20.2 Å². The Morgan fingerprint density at radius 1 is 1.20 bits per heavy atom. The van der Waals surface area contributed by atoms with Gasteiger partial charge in [0, 0.05) is 0 Å². The van der Waals surface area contributed by atoms with Crippen LogP contribution in [0, 0.1) is 0 Å². The molecule has 0 bridgehead atoms. The summed E-state index contributed by atoms with van der Waals surface area (Å²) in [5.74, 6) is 0.939. The zero-order valence-corrected chi connectivity index (χ0v) is 13.1. The Morgan fingerprint density at radius 3 is 2.20 bits per heavy atom. The second-order valence-electron chi connectivity index (χ2n) is 5.20.